The molecule has 0 fully saturated rings. The second kappa shape index (κ2) is 7.60. The van der Waals surface area contributed by atoms with Crippen LogP contribution >= 0.6 is 0 Å². The Labute approximate surface area is 124 Å². The van der Waals surface area contributed by atoms with Crippen LogP contribution in [-0.4, -0.2) is 79.1 Å². The summed E-state index contributed by atoms with van der Waals surface area (Å²) < 4.78 is 31.6. The minimum absolute atomic E-state index is 0. The van der Waals surface area contributed by atoms with E-state index in [1.165, 1.54) is 24.3 Å². The molecule has 76 valence electrons. The van der Waals surface area contributed by atoms with E-state index in [-0.39, 0.29) is 62.9 Å². The van der Waals surface area contributed by atoms with Gasteiger partial charge in [-0.3, -0.25) is 9.11 Å². The predicted octanol–water partition coefficient (Wildman–Crippen LogP) is -0.204. The molecule has 6 nitrogen and oxygen atoms in total. The number of phenolic OH excluding ortho intramolecular Hbond substituents is 2. The van der Waals surface area contributed by atoms with Crippen LogP contribution in [0.25, 0.3) is 0 Å². The first kappa shape index (κ1) is 16.7. The van der Waals surface area contributed by atoms with Crippen LogP contribution in [0.1, 0.15) is 0 Å². The zero-order chi connectivity index (χ0) is 10.5. The summed E-state index contributed by atoms with van der Waals surface area (Å²) in [6, 6.07) is 5.70. The third kappa shape index (κ3) is 14.8. The van der Waals surface area contributed by atoms with Gasteiger partial charge in [0, 0.05) is 0 Å². The second-order valence-electron chi connectivity index (χ2n) is 1.96. The molecule has 0 bridgehead atoms. The number of hydrogen-bond acceptors (Lipinski definition) is 4. The van der Waals surface area contributed by atoms with Crippen LogP contribution in [0, 0.1) is 0 Å². The van der Waals surface area contributed by atoms with Crippen molar-refractivity contribution in [2.45, 2.75) is 0 Å². The van der Waals surface area contributed by atoms with Gasteiger partial charge in [0.2, 0.25) is 0 Å². The van der Waals surface area contributed by atoms with Crippen molar-refractivity contribution in [3.8, 4) is 11.5 Å². The van der Waals surface area contributed by atoms with Crippen LogP contribution in [0.15, 0.2) is 24.3 Å². The second-order valence-corrected chi connectivity index (χ2v) is 2.86. The third-order valence-electron chi connectivity index (χ3n) is 0.850. The number of rotatable bonds is 0. The molecule has 1 aromatic carbocycles. The van der Waals surface area contributed by atoms with Gasteiger partial charge in [-0.1, -0.05) is 0 Å². The summed E-state index contributed by atoms with van der Waals surface area (Å²) in [5, 5.41) is 17.3. The van der Waals surface area contributed by atoms with E-state index in [0.29, 0.717) is 0 Å². The van der Waals surface area contributed by atoms with Crippen molar-refractivity contribution in [2.24, 2.45) is 0 Å². The van der Waals surface area contributed by atoms with Crippen molar-refractivity contribution in [3.05, 3.63) is 24.3 Å². The quantitative estimate of drug-likeness (QED) is 0.287. The van der Waals surface area contributed by atoms with Gasteiger partial charge >= 0.3 is 61.8 Å². The van der Waals surface area contributed by atoms with Crippen molar-refractivity contribution >= 4 is 61.8 Å². The molecule has 8 heteroatoms. The molecule has 1 rings (SSSR count). The summed E-state index contributed by atoms with van der Waals surface area (Å²) in [6.45, 7) is 0. The summed E-state index contributed by atoms with van der Waals surface area (Å²) in [6.07, 6.45) is 0. The van der Waals surface area contributed by atoms with Gasteiger partial charge in [-0.15, -0.1) is 0 Å². The van der Waals surface area contributed by atoms with Crippen LogP contribution in [-0.2, 0) is 10.4 Å². The van der Waals surface area contributed by atoms with E-state index in [1.807, 2.05) is 0 Å². The molecule has 0 aliphatic heterocycles. The monoisotopic (exact) mass is 248 g/mol. The van der Waals surface area contributed by atoms with Gasteiger partial charge < -0.3 is 10.2 Å². The fourth-order valence-corrected chi connectivity index (χ4v) is 0.453. The molecule has 0 saturated heterocycles. The number of phenols is 2. The van der Waals surface area contributed by atoms with Crippen molar-refractivity contribution in [2.75, 3.05) is 0 Å². The molecular formula is C6H9KO6S. The van der Waals surface area contributed by atoms with E-state index < -0.39 is 10.4 Å². The van der Waals surface area contributed by atoms with Gasteiger partial charge in [-0.25, -0.2) is 0 Å². The average Bonchev–Trinajstić information content (AvgIpc) is 1.92. The number of benzene rings is 1. The number of aromatic hydroxyl groups is 2. The van der Waals surface area contributed by atoms with Crippen molar-refractivity contribution in [3.63, 3.8) is 0 Å². The van der Waals surface area contributed by atoms with Gasteiger partial charge in [0.05, 0.1) is 0 Å². The molecule has 0 saturated carbocycles. The van der Waals surface area contributed by atoms with E-state index in [4.69, 9.17) is 27.7 Å². The predicted molar refractivity (Wildman–Crippen MR) is 51.1 cm³/mol. The minimum atomic E-state index is -4.67. The fourth-order valence-electron chi connectivity index (χ4n) is 0.453. The van der Waals surface area contributed by atoms with Crippen molar-refractivity contribution in [1.82, 2.24) is 0 Å². The summed E-state index contributed by atoms with van der Waals surface area (Å²) in [5.74, 6) is 0.339. The zero-order valence-corrected chi connectivity index (χ0v) is 7.14. The molecule has 0 aliphatic carbocycles. The number of hydrogen-bond donors (Lipinski definition) is 4. The maximum absolute atomic E-state index is 8.74. The Bertz CT molecular complexity index is 316. The molecule has 0 heterocycles. The van der Waals surface area contributed by atoms with Gasteiger partial charge in [-0.2, -0.15) is 8.42 Å². The van der Waals surface area contributed by atoms with Crippen LogP contribution in [0.5, 0.6) is 11.5 Å². The van der Waals surface area contributed by atoms with E-state index >= 15 is 0 Å². The topological polar surface area (TPSA) is 115 Å². The Morgan fingerprint density at radius 2 is 1.00 bits per heavy atom. The Hall–Kier alpha value is 0.326. The fraction of sp³-hybridized carbons (Fsp3) is 0. The summed E-state index contributed by atoms with van der Waals surface area (Å²) >= 11 is 0. The van der Waals surface area contributed by atoms with E-state index in [9.17, 15) is 0 Å². The van der Waals surface area contributed by atoms with E-state index in [0.717, 1.165) is 0 Å². The molecule has 0 amide bonds. The molecule has 0 aliphatic rings. The molecule has 0 spiro atoms. The van der Waals surface area contributed by atoms with Gasteiger partial charge in [0.15, 0.2) is 0 Å². The third-order valence-corrected chi connectivity index (χ3v) is 0.850. The first-order valence-electron chi connectivity index (χ1n) is 2.97. The molecular weight excluding hydrogens is 239 g/mol. The van der Waals surface area contributed by atoms with Crippen LogP contribution in [0.2, 0.25) is 0 Å². The molecule has 0 unspecified atom stereocenters. The molecule has 0 atom stereocenters. The van der Waals surface area contributed by atoms with Crippen LogP contribution in [0.3, 0.4) is 0 Å². The first-order valence-corrected chi connectivity index (χ1v) is 4.36. The van der Waals surface area contributed by atoms with Gasteiger partial charge in [0.25, 0.3) is 0 Å². The van der Waals surface area contributed by atoms with Gasteiger partial charge in [0.1, 0.15) is 11.5 Å². The average molecular weight is 248 g/mol. The first-order chi connectivity index (χ1) is 5.79. The summed E-state index contributed by atoms with van der Waals surface area (Å²) in [7, 11) is -4.67. The zero-order valence-electron chi connectivity index (χ0n) is 6.32. The molecule has 14 heavy (non-hydrogen) atoms. The summed E-state index contributed by atoms with van der Waals surface area (Å²) in [4.78, 5) is 0. The Balaban J connectivity index is 0. The van der Waals surface area contributed by atoms with Crippen LogP contribution < -0.4 is 0 Å². The summed E-state index contributed by atoms with van der Waals surface area (Å²) in [5.41, 5.74) is 0. The van der Waals surface area contributed by atoms with E-state index in [1.54, 1.807) is 0 Å². The Kier molecular flexibility index (Phi) is 9.09. The normalized spacial score (nSPS) is 9.29. The molecule has 0 aromatic heterocycles. The molecule has 4 N–H and O–H groups in total. The van der Waals surface area contributed by atoms with Crippen LogP contribution in [0.4, 0.5) is 0 Å². The SMILES string of the molecule is O=S(=O)(O)O.Oc1ccc(O)cc1.[KH]. The Morgan fingerprint density at radius 1 is 0.857 bits per heavy atom. The maximum atomic E-state index is 8.74. The molecule has 1 aromatic rings. The Morgan fingerprint density at radius 3 is 1.14 bits per heavy atom. The van der Waals surface area contributed by atoms with Gasteiger partial charge in [-0.05, 0) is 24.3 Å². The van der Waals surface area contributed by atoms with Crippen molar-refractivity contribution in [1.29, 1.82) is 0 Å². The molecule has 0 radical (unpaired) electrons. The van der Waals surface area contributed by atoms with E-state index in [2.05, 4.69) is 0 Å². The van der Waals surface area contributed by atoms with Crippen molar-refractivity contribution < 1.29 is 27.7 Å². The standard InChI is InChI=1S/C6H6O2.K.H2O4S.H/c7-5-1-2-6(8)4-3-5;;1-5(2,3)4;/h1-4,7-8H;;(H2,1,2,3,4);.